The standard InChI is InChI=1S/C13H20N2O.ClH/c1-8-6-7-10(14)13(16)11(8)12(15)9-4-2-3-5-9;/h6-7,9,12,16H,2-5,14-15H2,1H3;1H/t12-;/m1./s1. The van der Waals surface area contributed by atoms with Crippen molar-refractivity contribution in [2.75, 3.05) is 5.73 Å². The molecule has 0 aliphatic heterocycles. The van der Waals surface area contributed by atoms with E-state index in [4.69, 9.17) is 11.5 Å². The summed E-state index contributed by atoms with van der Waals surface area (Å²) < 4.78 is 0. The minimum absolute atomic E-state index is 0. The predicted octanol–water partition coefficient (Wildman–Crippen LogP) is 2.89. The molecule has 1 aliphatic carbocycles. The number of hydrogen-bond acceptors (Lipinski definition) is 3. The van der Waals surface area contributed by atoms with Gasteiger partial charge in [0.25, 0.3) is 0 Å². The molecule has 0 spiro atoms. The molecule has 0 heterocycles. The van der Waals surface area contributed by atoms with E-state index in [-0.39, 0.29) is 24.2 Å². The molecule has 17 heavy (non-hydrogen) atoms. The third-order valence-corrected chi connectivity index (χ3v) is 3.71. The van der Waals surface area contributed by atoms with Crippen LogP contribution in [0.5, 0.6) is 5.75 Å². The van der Waals surface area contributed by atoms with Gasteiger partial charge in [0.2, 0.25) is 0 Å². The van der Waals surface area contributed by atoms with Crippen molar-refractivity contribution in [1.29, 1.82) is 0 Å². The average Bonchev–Trinajstić information content (AvgIpc) is 2.77. The van der Waals surface area contributed by atoms with E-state index in [1.807, 2.05) is 13.0 Å². The third-order valence-electron chi connectivity index (χ3n) is 3.71. The molecule has 0 amide bonds. The number of hydrogen-bond donors (Lipinski definition) is 3. The van der Waals surface area contributed by atoms with Gasteiger partial charge in [-0.2, -0.15) is 0 Å². The molecule has 0 radical (unpaired) electrons. The van der Waals surface area contributed by atoms with Crippen LogP contribution in [0.4, 0.5) is 5.69 Å². The summed E-state index contributed by atoms with van der Waals surface area (Å²) in [6.07, 6.45) is 4.82. The molecule has 0 unspecified atom stereocenters. The first kappa shape index (κ1) is 14.1. The minimum Gasteiger partial charge on any atom is -0.505 e. The number of halogens is 1. The number of anilines is 1. The Morgan fingerprint density at radius 2 is 1.88 bits per heavy atom. The van der Waals surface area contributed by atoms with Gasteiger partial charge in [-0.1, -0.05) is 18.9 Å². The highest BCUT2D eigenvalue weighted by atomic mass is 35.5. The number of phenols is 1. The zero-order valence-electron chi connectivity index (χ0n) is 10.1. The summed E-state index contributed by atoms with van der Waals surface area (Å²) in [6.45, 7) is 1.98. The van der Waals surface area contributed by atoms with Gasteiger partial charge in [-0.3, -0.25) is 0 Å². The van der Waals surface area contributed by atoms with Crippen LogP contribution >= 0.6 is 12.4 Å². The molecule has 1 saturated carbocycles. The van der Waals surface area contributed by atoms with E-state index in [1.54, 1.807) is 6.07 Å². The molecule has 1 aromatic rings. The Labute approximate surface area is 109 Å². The van der Waals surface area contributed by atoms with Gasteiger partial charge in [0.1, 0.15) is 5.75 Å². The van der Waals surface area contributed by atoms with Gasteiger partial charge in [0.05, 0.1) is 5.69 Å². The molecular weight excluding hydrogens is 236 g/mol. The Bertz CT molecular complexity index is 389. The fourth-order valence-corrected chi connectivity index (χ4v) is 2.70. The topological polar surface area (TPSA) is 72.3 Å². The van der Waals surface area contributed by atoms with Crippen LogP contribution in [0.25, 0.3) is 0 Å². The highest BCUT2D eigenvalue weighted by molar-refractivity contribution is 5.85. The fourth-order valence-electron chi connectivity index (χ4n) is 2.70. The van der Waals surface area contributed by atoms with Gasteiger partial charge in [-0.25, -0.2) is 0 Å². The highest BCUT2D eigenvalue weighted by Gasteiger charge is 2.26. The summed E-state index contributed by atoms with van der Waals surface area (Å²) in [4.78, 5) is 0. The van der Waals surface area contributed by atoms with Crippen molar-refractivity contribution in [3.8, 4) is 5.75 Å². The van der Waals surface area contributed by atoms with Crippen LogP contribution in [0.15, 0.2) is 12.1 Å². The number of nitrogens with two attached hydrogens (primary N) is 2. The van der Waals surface area contributed by atoms with Crippen molar-refractivity contribution in [3.63, 3.8) is 0 Å². The van der Waals surface area contributed by atoms with E-state index in [0.29, 0.717) is 11.6 Å². The van der Waals surface area contributed by atoms with Crippen molar-refractivity contribution >= 4 is 18.1 Å². The summed E-state index contributed by atoms with van der Waals surface area (Å²) in [6, 6.07) is 3.58. The van der Waals surface area contributed by atoms with Crippen molar-refractivity contribution < 1.29 is 5.11 Å². The maximum atomic E-state index is 10.0. The Morgan fingerprint density at radius 1 is 1.29 bits per heavy atom. The van der Waals surface area contributed by atoms with Crippen LogP contribution in [-0.4, -0.2) is 5.11 Å². The van der Waals surface area contributed by atoms with Crippen molar-refractivity contribution in [1.82, 2.24) is 0 Å². The lowest BCUT2D eigenvalue weighted by molar-refractivity contribution is 0.412. The molecule has 1 aliphatic rings. The molecule has 0 aromatic heterocycles. The van der Waals surface area contributed by atoms with E-state index in [9.17, 15) is 5.11 Å². The summed E-state index contributed by atoms with van der Waals surface area (Å²) in [5.74, 6) is 0.672. The molecule has 1 aromatic carbocycles. The number of rotatable bonds is 2. The second-order valence-corrected chi connectivity index (χ2v) is 4.80. The van der Waals surface area contributed by atoms with Gasteiger partial charge in [0, 0.05) is 11.6 Å². The summed E-state index contributed by atoms with van der Waals surface area (Å²) in [5.41, 5.74) is 14.3. The number of phenolic OH excluding ortho intramolecular Hbond substituents is 1. The lowest BCUT2D eigenvalue weighted by atomic mass is 9.89. The number of benzene rings is 1. The number of aryl methyl sites for hydroxylation is 1. The zero-order valence-corrected chi connectivity index (χ0v) is 11.0. The van der Waals surface area contributed by atoms with Crippen LogP contribution in [0.3, 0.4) is 0 Å². The summed E-state index contributed by atoms with van der Waals surface area (Å²) in [7, 11) is 0. The van der Waals surface area contributed by atoms with Gasteiger partial charge in [-0.15, -0.1) is 12.4 Å². The van der Waals surface area contributed by atoms with Gasteiger partial charge in [-0.05, 0) is 37.3 Å². The van der Waals surface area contributed by atoms with Gasteiger partial charge >= 0.3 is 0 Å². The van der Waals surface area contributed by atoms with Gasteiger partial charge in [0.15, 0.2) is 0 Å². The Kier molecular flexibility index (Phi) is 4.66. The quantitative estimate of drug-likeness (QED) is 0.563. The van der Waals surface area contributed by atoms with E-state index < -0.39 is 0 Å². The number of aromatic hydroxyl groups is 1. The Hall–Kier alpha value is -0.930. The molecule has 96 valence electrons. The smallest absolute Gasteiger partial charge is 0.143 e. The second kappa shape index (κ2) is 5.61. The average molecular weight is 257 g/mol. The van der Waals surface area contributed by atoms with Crippen LogP contribution in [0.2, 0.25) is 0 Å². The Balaban J connectivity index is 0.00000144. The first-order valence-corrected chi connectivity index (χ1v) is 5.94. The zero-order chi connectivity index (χ0) is 11.7. The van der Waals surface area contributed by atoms with E-state index in [1.165, 1.54) is 12.8 Å². The first-order chi connectivity index (χ1) is 7.61. The molecular formula is C13H21ClN2O. The summed E-state index contributed by atoms with van der Waals surface area (Å²) in [5, 5.41) is 10.0. The SMILES string of the molecule is Cc1ccc(N)c(O)c1[C@H](N)C1CCCC1.Cl. The molecule has 0 saturated heterocycles. The molecule has 4 heteroatoms. The molecule has 1 fully saturated rings. The first-order valence-electron chi connectivity index (χ1n) is 5.94. The van der Waals surface area contributed by atoms with Crippen LogP contribution in [-0.2, 0) is 0 Å². The van der Waals surface area contributed by atoms with Crippen LogP contribution in [0.1, 0.15) is 42.9 Å². The summed E-state index contributed by atoms with van der Waals surface area (Å²) >= 11 is 0. The van der Waals surface area contributed by atoms with Crippen LogP contribution < -0.4 is 11.5 Å². The molecule has 3 nitrogen and oxygen atoms in total. The minimum atomic E-state index is -0.0778. The van der Waals surface area contributed by atoms with Crippen molar-refractivity contribution in [2.24, 2.45) is 11.7 Å². The van der Waals surface area contributed by atoms with E-state index in [0.717, 1.165) is 24.0 Å². The van der Waals surface area contributed by atoms with Crippen molar-refractivity contribution in [2.45, 2.75) is 38.6 Å². The lowest BCUT2D eigenvalue weighted by Crippen LogP contribution is -2.20. The second-order valence-electron chi connectivity index (χ2n) is 4.80. The van der Waals surface area contributed by atoms with Crippen LogP contribution in [0, 0.1) is 12.8 Å². The van der Waals surface area contributed by atoms with E-state index in [2.05, 4.69) is 0 Å². The predicted molar refractivity (Wildman–Crippen MR) is 73.4 cm³/mol. The lowest BCUT2D eigenvalue weighted by Gasteiger charge is -2.22. The molecule has 0 bridgehead atoms. The largest absolute Gasteiger partial charge is 0.505 e. The third kappa shape index (κ3) is 2.67. The van der Waals surface area contributed by atoms with Gasteiger partial charge < -0.3 is 16.6 Å². The van der Waals surface area contributed by atoms with E-state index >= 15 is 0 Å². The monoisotopic (exact) mass is 256 g/mol. The molecule has 1 atom stereocenters. The Morgan fingerprint density at radius 3 is 2.47 bits per heavy atom. The normalized spacial score (nSPS) is 17.8. The highest BCUT2D eigenvalue weighted by Crippen LogP contribution is 2.40. The maximum absolute atomic E-state index is 10.0. The number of nitrogen functional groups attached to an aromatic ring is 1. The molecule has 5 N–H and O–H groups in total. The maximum Gasteiger partial charge on any atom is 0.143 e. The fraction of sp³-hybridized carbons (Fsp3) is 0.538. The molecule has 2 rings (SSSR count). The van der Waals surface area contributed by atoms with Crippen molar-refractivity contribution in [3.05, 3.63) is 23.3 Å².